The number of carboxylic acids is 1. The molecule has 88 valence electrons. The van der Waals surface area contributed by atoms with E-state index in [2.05, 4.69) is 10.1 Å². The molecule has 1 N–H and O–H groups in total. The predicted molar refractivity (Wildman–Crippen MR) is 61.5 cm³/mol. The molecule has 3 rings (SSSR count). The highest BCUT2D eigenvalue weighted by Crippen LogP contribution is 2.36. The van der Waals surface area contributed by atoms with Gasteiger partial charge in [-0.05, 0) is 12.8 Å². The molecule has 0 saturated heterocycles. The van der Waals surface area contributed by atoms with Gasteiger partial charge in [0.15, 0.2) is 11.3 Å². The molecule has 1 fully saturated rings. The van der Waals surface area contributed by atoms with Crippen molar-refractivity contribution in [3.05, 3.63) is 28.7 Å². The molecule has 2 aromatic heterocycles. The highest BCUT2D eigenvalue weighted by atomic mass is 35.5. The zero-order valence-corrected chi connectivity index (χ0v) is 9.68. The Morgan fingerprint density at radius 1 is 1.47 bits per heavy atom. The molecule has 2 heterocycles. The van der Waals surface area contributed by atoms with Crippen LogP contribution in [0.25, 0.3) is 5.65 Å². The molecule has 0 bridgehead atoms. The number of aromatic carboxylic acids is 1. The van der Waals surface area contributed by atoms with E-state index in [0.29, 0.717) is 11.6 Å². The van der Waals surface area contributed by atoms with E-state index < -0.39 is 5.97 Å². The minimum Gasteiger partial charge on any atom is -0.477 e. The SMILES string of the molecule is O=C(O)c1cc(Cl)n2nc(C3CCC3)cc2n1. The van der Waals surface area contributed by atoms with Crippen molar-refractivity contribution in [1.29, 1.82) is 0 Å². The van der Waals surface area contributed by atoms with Gasteiger partial charge in [0.25, 0.3) is 0 Å². The first kappa shape index (κ1) is 10.5. The number of hydrogen-bond acceptors (Lipinski definition) is 3. The fraction of sp³-hybridized carbons (Fsp3) is 0.364. The molecule has 1 aliphatic carbocycles. The lowest BCUT2D eigenvalue weighted by Gasteiger charge is -2.22. The van der Waals surface area contributed by atoms with Gasteiger partial charge in [0.05, 0.1) is 5.69 Å². The number of hydrogen-bond donors (Lipinski definition) is 1. The molecule has 2 aromatic rings. The maximum absolute atomic E-state index is 10.9. The molecule has 17 heavy (non-hydrogen) atoms. The fourth-order valence-electron chi connectivity index (χ4n) is 1.97. The first-order valence-corrected chi connectivity index (χ1v) is 5.82. The van der Waals surface area contributed by atoms with Crippen molar-refractivity contribution in [2.45, 2.75) is 25.2 Å². The number of nitrogens with zero attached hydrogens (tertiary/aromatic N) is 3. The van der Waals surface area contributed by atoms with Gasteiger partial charge >= 0.3 is 5.97 Å². The minimum absolute atomic E-state index is 0.0532. The molecule has 0 unspecified atom stereocenters. The average Bonchev–Trinajstić information content (AvgIpc) is 2.58. The van der Waals surface area contributed by atoms with Gasteiger partial charge in [0, 0.05) is 18.1 Å². The minimum atomic E-state index is -1.08. The van der Waals surface area contributed by atoms with Crippen LogP contribution in [0.5, 0.6) is 0 Å². The van der Waals surface area contributed by atoms with Crippen molar-refractivity contribution in [1.82, 2.24) is 14.6 Å². The smallest absolute Gasteiger partial charge is 0.354 e. The van der Waals surface area contributed by atoms with Crippen LogP contribution in [-0.2, 0) is 0 Å². The maximum Gasteiger partial charge on any atom is 0.354 e. The number of fused-ring (bicyclic) bond motifs is 1. The van der Waals surface area contributed by atoms with Crippen molar-refractivity contribution in [2.75, 3.05) is 0 Å². The van der Waals surface area contributed by atoms with Gasteiger partial charge in [0.1, 0.15) is 5.15 Å². The second kappa shape index (κ2) is 3.70. The zero-order chi connectivity index (χ0) is 12.0. The third-order valence-corrected chi connectivity index (χ3v) is 3.41. The lowest BCUT2D eigenvalue weighted by Crippen LogP contribution is -2.09. The van der Waals surface area contributed by atoms with E-state index >= 15 is 0 Å². The summed E-state index contributed by atoms with van der Waals surface area (Å²) < 4.78 is 1.49. The highest BCUT2D eigenvalue weighted by molar-refractivity contribution is 6.30. The lowest BCUT2D eigenvalue weighted by molar-refractivity contribution is 0.0690. The van der Waals surface area contributed by atoms with Crippen LogP contribution in [0.2, 0.25) is 5.15 Å². The molecule has 0 aromatic carbocycles. The summed E-state index contributed by atoms with van der Waals surface area (Å²) in [5.74, 6) is -0.609. The summed E-state index contributed by atoms with van der Waals surface area (Å²) in [7, 11) is 0. The van der Waals surface area contributed by atoms with E-state index in [0.717, 1.165) is 18.5 Å². The molecule has 1 aliphatic rings. The van der Waals surface area contributed by atoms with Gasteiger partial charge in [-0.2, -0.15) is 5.10 Å². The van der Waals surface area contributed by atoms with E-state index in [-0.39, 0.29) is 10.8 Å². The van der Waals surface area contributed by atoms with Crippen molar-refractivity contribution >= 4 is 23.2 Å². The molecule has 0 amide bonds. The van der Waals surface area contributed by atoms with E-state index in [1.807, 2.05) is 6.07 Å². The number of rotatable bonds is 2. The predicted octanol–water partition coefficient (Wildman–Crippen LogP) is 2.35. The molecule has 0 atom stereocenters. The van der Waals surface area contributed by atoms with Gasteiger partial charge in [0.2, 0.25) is 0 Å². The maximum atomic E-state index is 10.9. The van der Waals surface area contributed by atoms with Crippen molar-refractivity contribution in [2.24, 2.45) is 0 Å². The summed E-state index contributed by atoms with van der Waals surface area (Å²) in [6.45, 7) is 0. The van der Waals surface area contributed by atoms with Crippen molar-refractivity contribution in [3.63, 3.8) is 0 Å². The molecule has 1 saturated carbocycles. The summed E-state index contributed by atoms with van der Waals surface area (Å²) in [5, 5.41) is 13.5. The molecule has 6 heteroatoms. The summed E-state index contributed by atoms with van der Waals surface area (Å²) in [4.78, 5) is 14.9. The van der Waals surface area contributed by atoms with Crippen molar-refractivity contribution in [3.8, 4) is 0 Å². The van der Waals surface area contributed by atoms with Crippen LogP contribution in [-0.4, -0.2) is 25.7 Å². The van der Waals surface area contributed by atoms with Crippen LogP contribution in [0.3, 0.4) is 0 Å². The summed E-state index contributed by atoms with van der Waals surface area (Å²) >= 11 is 5.98. The zero-order valence-electron chi connectivity index (χ0n) is 8.93. The number of carboxylic acid groups (broad SMARTS) is 1. The van der Waals surface area contributed by atoms with E-state index in [4.69, 9.17) is 16.7 Å². The summed E-state index contributed by atoms with van der Waals surface area (Å²) in [5.41, 5.74) is 1.40. The fourth-order valence-corrected chi connectivity index (χ4v) is 2.20. The molecule has 0 aliphatic heterocycles. The standard InChI is InChI=1S/C11H10ClN3O2/c12-9-4-8(11(16)17)13-10-5-7(14-15(9)10)6-2-1-3-6/h4-6H,1-3H2,(H,16,17). The third-order valence-electron chi connectivity index (χ3n) is 3.15. The van der Waals surface area contributed by atoms with E-state index in [1.165, 1.54) is 17.0 Å². The Morgan fingerprint density at radius 3 is 2.82 bits per heavy atom. The summed E-state index contributed by atoms with van der Waals surface area (Å²) in [6, 6.07) is 3.14. The monoisotopic (exact) mass is 251 g/mol. The first-order chi connectivity index (χ1) is 8.15. The molecular formula is C11H10ClN3O2. The normalized spacial score (nSPS) is 16.1. The largest absolute Gasteiger partial charge is 0.477 e. The Labute approximate surface area is 102 Å². The van der Waals surface area contributed by atoms with Crippen LogP contribution >= 0.6 is 11.6 Å². The van der Waals surface area contributed by atoms with Crippen LogP contribution in [0.15, 0.2) is 12.1 Å². The van der Waals surface area contributed by atoms with Gasteiger partial charge < -0.3 is 5.11 Å². The molecule has 0 spiro atoms. The topological polar surface area (TPSA) is 67.5 Å². The highest BCUT2D eigenvalue weighted by Gasteiger charge is 2.23. The van der Waals surface area contributed by atoms with Gasteiger partial charge in [-0.3, -0.25) is 0 Å². The number of carbonyl (C=O) groups is 1. The lowest BCUT2D eigenvalue weighted by atomic mass is 9.83. The van der Waals surface area contributed by atoms with Crippen LogP contribution in [0, 0.1) is 0 Å². The number of aromatic nitrogens is 3. The van der Waals surface area contributed by atoms with Crippen LogP contribution in [0.1, 0.15) is 41.4 Å². The third kappa shape index (κ3) is 1.67. The van der Waals surface area contributed by atoms with E-state index in [9.17, 15) is 4.79 Å². The Balaban J connectivity index is 2.14. The van der Waals surface area contributed by atoms with Gasteiger partial charge in [-0.15, -0.1) is 0 Å². The molecule has 0 radical (unpaired) electrons. The van der Waals surface area contributed by atoms with E-state index in [1.54, 1.807) is 0 Å². The van der Waals surface area contributed by atoms with Crippen molar-refractivity contribution < 1.29 is 9.90 Å². The number of halogens is 1. The second-order valence-electron chi connectivity index (χ2n) is 4.24. The Kier molecular flexibility index (Phi) is 2.29. The average molecular weight is 252 g/mol. The Hall–Kier alpha value is -1.62. The van der Waals surface area contributed by atoms with Gasteiger partial charge in [-0.1, -0.05) is 18.0 Å². The van der Waals surface area contributed by atoms with Crippen LogP contribution < -0.4 is 0 Å². The Morgan fingerprint density at radius 2 is 2.24 bits per heavy atom. The quantitative estimate of drug-likeness (QED) is 0.832. The second-order valence-corrected chi connectivity index (χ2v) is 4.62. The molecular weight excluding hydrogens is 242 g/mol. The first-order valence-electron chi connectivity index (χ1n) is 5.44. The van der Waals surface area contributed by atoms with Crippen LogP contribution in [0.4, 0.5) is 0 Å². The summed E-state index contributed by atoms with van der Waals surface area (Å²) in [6.07, 6.45) is 3.49. The Bertz CT molecular complexity index is 604. The van der Waals surface area contributed by atoms with Gasteiger partial charge in [-0.25, -0.2) is 14.3 Å². The molecule has 5 nitrogen and oxygen atoms in total.